The monoisotopic (exact) mass is 297 g/mol. The number of halogens is 3. The van der Waals surface area contributed by atoms with Crippen molar-refractivity contribution >= 4 is 46.0 Å². The number of fused-ring (bicyclic) bond motifs is 1. The van der Waals surface area contributed by atoms with E-state index in [1.54, 1.807) is 18.2 Å². The SMILES string of the molecule is Clc1ccc(-c2nc3cc(Cl)c(Cl)nc3[nH]2)cc1. The largest absolute Gasteiger partial charge is 0.323 e. The molecule has 3 nitrogen and oxygen atoms in total. The number of nitrogens with one attached hydrogen (secondary N) is 1. The van der Waals surface area contributed by atoms with Crippen LogP contribution in [0.5, 0.6) is 0 Å². The van der Waals surface area contributed by atoms with Crippen LogP contribution in [0.3, 0.4) is 0 Å². The van der Waals surface area contributed by atoms with Gasteiger partial charge in [-0.05, 0) is 30.3 Å². The highest BCUT2D eigenvalue weighted by Gasteiger charge is 2.09. The number of pyridine rings is 1. The first-order valence-corrected chi connectivity index (χ1v) is 6.24. The summed E-state index contributed by atoms with van der Waals surface area (Å²) in [6.07, 6.45) is 0. The Morgan fingerprint density at radius 3 is 2.39 bits per heavy atom. The average Bonchev–Trinajstić information content (AvgIpc) is 2.73. The first kappa shape index (κ1) is 11.8. The Hall–Kier alpha value is -1.29. The Morgan fingerprint density at radius 2 is 1.67 bits per heavy atom. The molecule has 1 aromatic carbocycles. The fourth-order valence-electron chi connectivity index (χ4n) is 1.64. The predicted molar refractivity (Wildman–Crippen MR) is 74.4 cm³/mol. The van der Waals surface area contributed by atoms with E-state index in [2.05, 4.69) is 15.0 Å². The topological polar surface area (TPSA) is 41.6 Å². The van der Waals surface area contributed by atoms with Gasteiger partial charge in [0.1, 0.15) is 16.5 Å². The third kappa shape index (κ3) is 2.05. The van der Waals surface area contributed by atoms with Crippen LogP contribution in [0.2, 0.25) is 15.2 Å². The van der Waals surface area contributed by atoms with Gasteiger partial charge in [0.05, 0.1) is 5.02 Å². The summed E-state index contributed by atoms with van der Waals surface area (Å²) in [6.45, 7) is 0. The molecule has 0 fully saturated rings. The number of hydrogen-bond donors (Lipinski definition) is 1. The van der Waals surface area contributed by atoms with Gasteiger partial charge in [-0.1, -0.05) is 34.8 Å². The normalized spacial score (nSPS) is 11.1. The Balaban J connectivity index is 2.16. The molecule has 0 saturated carbocycles. The molecular weight excluding hydrogens is 293 g/mol. The van der Waals surface area contributed by atoms with E-state index in [1.807, 2.05) is 12.1 Å². The molecule has 18 heavy (non-hydrogen) atoms. The summed E-state index contributed by atoms with van der Waals surface area (Å²) in [5.41, 5.74) is 2.20. The minimum Gasteiger partial charge on any atom is -0.323 e. The van der Waals surface area contributed by atoms with Gasteiger partial charge < -0.3 is 4.98 Å². The second kappa shape index (κ2) is 4.43. The molecule has 0 atom stereocenters. The van der Waals surface area contributed by atoms with E-state index in [1.165, 1.54) is 0 Å². The molecule has 0 bridgehead atoms. The maximum Gasteiger partial charge on any atom is 0.159 e. The zero-order chi connectivity index (χ0) is 12.7. The third-order valence-corrected chi connectivity index (χ3v) is 3.42. The van der Waals surface area contributed by atoms with Crippen LogP contribution < -0.4 is 0 Å². The first-order chi connectivity index (χ1) is 8.63. The summed E-state index contributed by atoms with van der Waals surface area (Å²) in [7, 11) is 0. The number of rotatable bonds is 1. The van der Waals surface area contributed by atoms with Crippen molar-refractivity contribution in [3.05, 3.63) is 45.5 Å². The summed E-state index contributed by atoms with van der Waals surface area (Å²) in [4.78, 5) is 11.6. The van der Waals surface area contributed by atoms with Crippen LogP contribution in [-0.2, 0) is 0 Å². The molecule has 2 heterocycles. The molecule has 2 aromatic heterocycles. The van der Waals surface area contributed by atoms with Gasteiger partial charge in [-0.15, -0.1) is 0 Å². The highest BCUT2D eigenvalue weighted by Crippen LogP contribution is 2.26. The second-order valence-corrected chi connectivity index (χ2v) is 4.92. The number of hydrogen-bond acceptors (Lipinski definition) is 2. The van der Waals surface area contributed by atoms with Crippen LogP contribution in [-0.4, -0.2) is 15.0 Å². The minimum absolute atomic E-state index is 0.260. The summed E-state index contributed by atoms with van der Waals surface area (Å²) in [5.74, 6) is 0.701. The van der Waals surface area contributed by atoms with Gasteiger partial charge in [0.25, 0.3) is 0 Å². The van der Waals surface area contributed by atoms with Gasteiger partial charge in [-0.2, -0.15) is 0 Å². The molecular formula is C12H6Cl3N3. The molecule has 1 N–H and O–H groups in total. The lowest BCUT2D eigenvalue weighted by molar-refractivity contribution is 1.30. The predicted octanol–water partition coefficient (Wildman–Crippen LogP) is 4.59. The quantitative estimate of drug-likeness (QED) is 0.668. The smallest absolute Gasteiger partial charge is 0.159 e. The van der Waals surface area contributed by atoms with Crippen LogP contribution in [0.1, 0.15) is 0 Å². The molecule has 0 aliphatic carbocycles. The van der Waals surface area contributed by atoms with Crippen molar-refractivity contribution in [2.75, 3.05) is 0 Å². The molecule has 0 amide bonds. The summed E-state index contributed by atoms with van der Waals surface area (Å²) < 4.78 is 0. The molecule has 3 rings (SSSR count). The van der Waals surface area contributed by atoms with Gasteiger partial charge >= 0.3 is 0 Å². The van der Waals surface area contributed by atoms with E-state index in [0.717, 1.165) is 5.56 Å². The van der Waals surface area contributed by atoms with Crippen molar-refractivity contribution in [2.45, 2.75) is 0 Å². The second-order valence-electron chi connectivity index (χ2n) is 3.72. The maximum absolute atomic E-state index is 5.90. The van der Waals surface area contributed by atoms with Gasteiger partial charge in [-0.3, -0.25) is 0 Å². The zero-order valence-electron chi connectivity index (χ0n) is 8.92. The highest BCUT2D eigenvalue weighted by molar-refractivity contribution is 6.41. The standard InChI is InChI=1S/C12H6Cl3N3/c13-7-3-1-6(2-4-7)11-16-9-5-8(14)10(15)17-12(9)18-11/h1-5H,(H,16,17,18). The molecule has 6 heteroatoms. The van der Waals surface area contributed by atoms with Crippen LogP contribution in [0.4, 0.5) is 0 Å². The Kier molecular flexibility index (Phi) is 2.90. The summed E-state index contributed by atoms with van der Waals surface area (Å²) in [6, 6.07) is 9.05. The Bertz CT molecular complexity index is 680. The molecule has 0 radical (unpaired) electrons. The van der Waals surface area contributed by atoms with Crippen molar-refractivity contribution in [3.8, 4) is 11.4 Å². The van der Waals surface area contributed by atoms with Gasteiger partial charge in [0.15, 0.2) is 5.65 Å². The first-order valence-electron chi connectivity index (χ1n) is 5.11. The number of nitrogens with zero attached hydrogens (tertiary/aromatic N) is 2. The number of imidazole rings is 1. The number of aromatic amines is 1. The summed E-state index contributed by atoms with van der Waals surface area (Å²) >= 11 is 17.6. The van der Waals surface area contributed by atoms with Crippen LogP contribution >= 0.6 is 34.8 Å². The Labute approximate surface area is 118 Å². The van der Waals surface area contributed by atoms with E-state index in [-0.39, 0.29) is 5.15 Å². The van der Waals surface area contributed by atoms with Gasteiger partial charge in [0, 0.05) is 10.6 Å². The number of aromatic nitrogens is 3. The van der Waals surface area contributed by atoms with Crippen molar-refractivity contribution in [2.24, 2.45) is 0 Å². The maximum atomic E-state index is 5.90. The van der Waals surface area contributed by atoms with Crippen LogP contribution in [0.25, 0.3) is 22.6 Å². The number of benzene rings is 1. The van der Waals surface area contributed by atoms with E-state index in [0.29, 0.717) is 27.0 Å². The van der Waals surface area contributed by atoms with Gasteiger partial charge in [-0.25, -0.2) is 9.97 Å². The lowest BCUT2D eigenvalue weighted by Crippen LogP contribution is -1.80. The van der Waals surface area contributed by atoms with Crippen molar-refractivity contribution in [1.29, 1.82) is 0 Å². The number of H-pyrrole nitrogens is 1. The minimum atomic E-state index is 0.260. The highest BCUT2D eigenvalue weighted by atomic mass is 35.5. The molecule has 0 spiro atoms. The van der Waals surface area contributed by atoms with E-state index >= 15 is 0 Å². The molecule has 90 valence electrons. The molecule has 0 unspecified atom stereocenters. The molecule has 0 aliphatic heterocycles. The van der Waals surface area contributed by atoms with Gasteiger partial charge in [0.2, 0.25) is 0 Å². The lowest BCUT2D eigenvalue weighted by Gasteiger charge is -1.95. The lowest BCUT2D eigenvalue weighted by atomic mass is 10.2. The summed E-state index contributed by atoms with van der Waals surface area (Å²) in [5, 5.41) is 1.33. The van der Waals surface area contributed by atoms with E-state index < -0.39 is 0 Å². The Morgan fingerprint density at radius 1 is 0.944 bits per heavy atom. The molecule has 0 saturated heterocycles. The molecule has 0 aliphatic rings. The fourth-order valence-corrected chi connectivity index (χ4v) is 2.05. The van der Waals surface area contributed by atoms with Crippen LogP contribution in [0.15, 0.2) is 30.3 Å². The zero-order valence-corrected chi connectivity index (χ0v) is 11.2. The van der Waals surface area contributed by atoms with Crippen molar-refractivity contribution in [3.63, 3.8) is 0 Å². The third-order valence-electron chi connectivity index (χ3n) is 2.50. The average molecular weight is 299 g/mol. The van der Waals surface area contributed by atoms with E-state index in [4.69, 9.17) is 34.8 Å². The molecule has 3 aromatic rings. The van der Waals surface area contributed by atoms with Crippen LogP contribution in [0, 0.1) is 0 Å². The fraction of sp³-hybridized carbons (Fsp3) is 0. The van der Waals surface area contributed by atoms with E-state index in [9.17, 15) is 0 Å². The van der Waals surface area contributed by atoms with Crippen molar-refractivity contribution < 1.29 is 0 Å². The van der Waals surface area contributed by atoms with Crippen molar-refractivity contribution in [1.82, 2.24) is 15.0 Å².